The highest BCUT2D eigenvalue weighted by molar-refractivity contribution is 6.34. The third-order valence-electron chi connectivity index (χ3n) is 4.91. The van der Waals surface area contributed by atoms with Gasteiger partial charge in [-0.1, -0.05) is 37.3 Å². The first-order chi connectivity index (χ1) is 13.8. The van der Waals surface area contributed by atoms with E-state index in [4.69, 9.17) is 4.74 Å². The fourth-order valence-corrected chi connectivity index (χ4v) is 3.07. The van der Waals surface area contributed by atoms with Crippen LogP contribution >= 0.6 is 0 Å². The van der Waals surface area contributed by atoms with Crippen molar-refractivity contribution >= 4 is 23.4 Å². The summed E-state index contributed by atoms with van der Waals surface area (Å²) in [7, 11) is 0. The van der Waals surface area contributed by atoms with E-state index in [0.717, 1.165) is 22.4 Å². The van der Waals surface area contributed by atoms with Crippen LogP contribution in [0, 0.1) is 13.8 Å². The minimum atomic E-state index is -0.727. The quantitative estimate of drug-likeness (QED) is 0.597. The number of aliphatic hydroxyl groups is 1. The highest BCUT2D eigenvalue weighted by atomic mass is 16.5. The number of amides is 2. The number of esters is 1. The first-order valence-electron chi connectivity index (χ1n) is 9.46. The molecule has 0 fully saturated rings. The van der Waals surface area contributed by atoms with Crippen LogP contribution in [0.3, 0.4) is 0 Å². The number of ether oxygens (including phenoxy) is 1. The predicted octanol–water partition coefficient (Wildman–Crippen LogP) is 3.71. The number of aryl methyl sites for hydroxylation is 2. The van der Waals surface area contributed by atoms with Crippen molar-refractivity contribution < 1.29 is 24.2 Å². The third kappa shape index (κ3) is 4.06. The molecule has 0 atom stereocenters. The van der Waals surface area contributed by atoms with Gasteiger partial charge >= 0.3 is 5.97 Å². The van der Waals surface area contributed by atoms with E-state index >= 15 is 0 Å². The molecule has 0 saturated heterocycles. The Morgan fingerprint density at radius 2 is 1.69 bits per heavy atom. The number of carbonyl (C=O) groups excluding carboxylic acids is 3. The van der Waals surface area contributed by atoms with Crippen molar-refractivity contribution in [3.8, 4) is 0 Å². The van der Waals surface area contributed by atoms with Gasteiger partial charge in [-0.05, 0) is 54.7 Å². The Morgan fingerprint density at radius 1 is 1.00 bits per heavy atom. The number of benzene rings is 2. The van der Waals surface area contributed by atoms with Crippen LogP contribution in [-0.4, -0.2) is 34.4 Å². The average Bonchev–Trinajstić information content (AvgIpc) is 2.92. The number of rotatable bonds is 6. The van der Waals surface area contributed by atoms with E-state index in [9.17, 15) is 19.5 Å². The summed E-state index contributed by atoms with van der Waals surface area (Å²) in [4.78, 5) is 38.2. The molecule has 1 aliphatic rings. The maximum absolute atomic E-state index is 12.8. The molecule has 0 unspecified atom stereocenters. The zero-order chi connectivity index (χ0) is 21.1. The molecule has 6 nitrogen and oxygen atoms in total. The van der Waals surface area contributed by atoms with Crippen LogP contribution in [0.1, 0.15) is 46.0 Å². The molecule has 0 bridgehead atoms. The highest BCUT2D eigenvalue weighted by Gasteiger charge is 2.39. The van der Waals surface area contributed by atoms with Crippen LogP contribution in [-0.2, 0) is 20.9 Å². The van der Waals surface area contributed by atoms with Gasteiger partial charge in [-0.3, -0.25) is 14.5 Å². The molecule has 0 spiro atoms. The number of imide groups is 1. The maximum atomic E-state index is 12.8. The van der Waals surface area contributed by atoms with E-state index in [1.54, 1.807) is 36.4 Å². The Hall–Kier alpha value is -3.41. The van der Waals surface area contributed by atoms with Gasteiger partial charge in [0.25, 0.3) is 11.8 Å². The lowest BCUT2D eigenvalue weighted by atomic mass is 10.00. The summed E-state index contributed by atoms with van der Waals surface area (Å²) in [5.74, 6) is -2.22. The molecule has 29 heavy (non-hydrogen) atoms. The van der Waals surface area contributed by atoms with Crippen LogP contribution in [0.5, 0.6) is 0 Å². The van der Waals surface area contributed by atoms with Crippen LogP contribution in [0.2, 0.25) is 0 Å². The fourth-order valence-electron chi connectivity index (χ4n) is 3.07. The molecule has 150 valence electrons. The molecular formula is C23H23NO5. The molecule has 1 heterocycles. The lowest BCUT2D eigenvalue weighted by Gasteiger charge is -2.15. The van der Waals surface area contributed by atoms with Crippen molar-refractivity contribution in [1.82, 2.24) is 4.90 Å². The summed E-state index contributed by atoms with van der Waals surface area (Å²) in [5.41, 5.74) is 3.61. The molecule has 2 aromatic rings. The zero-order valence-corrected chi connectivity index (χ0v) is 16.7. The summed E-state index contributed by atoms with van der Waals surface area (Å²) in [6.07, 6.45) is 0.738. The largest absolute Gasteiger partial charge is 0.502 e. The smallest absolute Gasteiger partial charge is 0.338 e. The molecule has 0 saturated carbocycles. The van der Waals surface area contributed by atoms with Crippen LogP contribution in [0.25, 0.3) is 5.57 Å². The summed E-state index contributed by atoms with van der Waals surface area (Å²) in [6, 6.07) is 11.9. The predicted molar refractivity (Wildman–Crippen MR) is 108 cm³/mol. The van der Waals surface area contributed by atoms with E-state index in [1.165, 1.54) is 0 Å². The van der Waals surface area contributed by atoms with Crippen LogP contribution in [0.15, 0.2) is 48.2 Å². The zero-order valence-electron chi connectivity index (χ0n) is 16.7. The van der Waals surface area contributed by atoms with E-state index in [2.05, 4.69) is 0 Å². The average molecular weight is 393 g/mol. The van der Waals surface area contributed by atoms with Gasteiger partial charge in [-0.2, -0.15) is 0 Å². The monoisotopic (exact) mass is 393 g/mol. The standard InChI is InChI=1S/C23H23NO5/c1-4-11-29-23(28)17-9-6-16(7-10-17)13-24-21(26)19(20(25)22(24)27)18-8-5-14(2)15(3)12-18/h5-10,12,25H,4,11,13H2,1-3H3. The molecule has 6 heteroatoms. The molecule has 0 radical (unpaired) electrons. The Balaban J connectivity index is 1.77. The van der Waals surface area contributed by atoms with E-state index in [1.807, 2.05) is 26.8 Å². The van der Waals surface area contributed by atoms with Gasteiger partial charge in [0, 0.05) is 0 Å². The molecule has 2 aromatic carbocycles. The third-order valence-corrected chi connectivity index (χ3v) is 4.91. The number of carbonyl (C=O) groups is 3. The van der Waals surface area contributed by atoms with Crippen molar-refractivity contribution in [3.63, 3.8) is 0 Å². The Labute approximate surface area is 169 Å². The minimum Gasteiger partial charge on any atom is -0.502 e. The second-order valence-corrected chi connectivity index (χ2v) is 7.05. The fraction of sp³-hybridized carbons (Fsp3) is 0.261. The lowest BCUT2D eigenvalue weighted by molar-refractivity contribution is -0.138. The van der Waals surface area contributed by atoms with Crippen LogP contribution in [0.4, 0.5) is 0 Å². The van der Waals surface area contributed by atoms with E-state index < -0.39 is 23.5 Å². The van der Waals surface area contributed by atoms with Gasteiger partial charge in [0.2, 0.25) is 0 Å². The summed E-state index contributed by atoms with van der Waals surface area (Å²) in [5, 5.41) is 10.3. The number of hydrogen-bond acceptors (Lipinski definition) is 5. The minimum absolute atomic E-state index is 0.000355. The Morgan fingerprint density at radius 3 is 2.31 bits per heavy atom. The molecule has 0 aromatic heterocycles. The topological polar surface area (TPSA) is 83.9 Å². The Bertz CT molecular complexity index is 1000. The van der Waals surface area contributed by atoms with E-state index in [0.29, 0.717) is 23.3 Å². The van der Waals surface area contributed by atoms with E-state index in [-0.39, 0.29) is 12.1 Å². The van der Waals surface area contributed by atoms with Gasteiger partial charge in [-0.25, -0.2) is 4.79 Å². The summed E-state index contributed by atoms with van der Waals surface area (Å²) < 4.78 is 5.08. The van der Waals surface area contributed by atoms with Gasteiger partial charge < -0.3 is 9.84 Å². The number of hydrogen-bond donors (Lipinski definition) is 1. The molecule has 3 rings (SSSR count). The molecule has 0 aliphatic carbocycles. The molecule has 1 N–H and O–H groups in total. The second-order valence-electron chi connectivity index (χ2n) is 7.05. The van der Waals surface area contributed by atoms with Gasteiger partial charge in [-0.15, -0.1) is 0 Å². The SMILES string of the molecule is CCCOC(=O)c1ccc(CN2C(=O)C(O)=C(c3ccc(C)c(C)c3)C2=O)cc1. The molecule has 2 amide bonds. The lowest BCUT2D eigenvalue weighted by Crippen LogP contribution is -2.31. The highest BCUT2D eigenvalue weighted by Crippen LogP contribution is 2.30. The van der Waals surface area contributed by atoms with Gasteiger partial charge in [0.1, 0.15) is 0 Å². The normalized spacial score (nSPS) is 14.0. The van der Waals surface area contributed by atoms with Gasteiger partial charge in [0.15, 0.2) is 5.76 Å². The first-order valence-corrected chi connectivity index (χ1v) is 9.46. The summed E-state index contributed by atoms with van der Waals surface area (Å²) in [6.45, 7) is 6.12. The van der Waals surface area contributed by atoms with Crippen molar-refractivity contribution in [2.45, 2.75) is 33.7 Å². The Kier molecular flexibility index (Phi) is 5.82. The van der Waals surface area contributed by atoms with Crippen LogP contribution < -0.4 is 0 Å². The second kappa shape index (κ2) is 8.31. The number of aliphatic hydroxyl groups excluding tert-OH is 1. The van der Waals surface area contributed by atoms with Crippen molar-refractivity contribution in [1.29, 1.82) is 0 Å². The number of nitrogens with zero attached hydrogens (tertiary/aromatic N) is 1. The molecular weight excluding hydrogens is 370 g/mol. The maximum Gasteiger partial charge on any atom is 0.338 e. The van der Waals surface area contributed by atoms with Crippen molar-refractivity contribution in [3.05, 3.63) is 76.0 Å². The van der Waals surface area contributed by atoms with Crippen molar-refractivity contribution in [2.75, 3.05) is 6.61 Å². The molecule has 1 aliphatic heterocycles. The van der Waals surface area contributed by atoms with Crippen molar-refractivity contribution in [2.24, 2.45) is 0 Å². The van der Waals surface area contributed by atoms with Gasteiger partial charge in [0.05, 0.1) is 24.3 Å². The first kappa shape index (κ1) is 20.3. The summed E-state index contributed by atoms with van der Waals surface area (Å²) >= 11 is 0.